The van der Waals surface area contributed by atoms with E-state index >= 15 is 0 Å². The molecule has 0 fully saturated rings. The predicted molar refractivity (Wildman–Crippen MR) is 66.0 cm³/mol. The second-order valence-electron chi connectivity index (χ2n) is 3.04. The maximum absolute atomic E-state index is 10.6. The summed E-state index contributed by atoms with van der Waals surface area (Å²) in [6, 6.07) is 4.17. The summed E-state index contributed by atoms with van der Waals surface area (Å²) in [5.74, 6) is -1.65. The molecular formula is C11H14O5S. The van der Waals surface area contributed by atoms with Crippen LogP contribution in [-0.4, -0.2) is 39.6 Å². The van der Waals surface area contributed by atoms with E-state index in [9.17, 15) is 9.59 Å². The molecule has 17 heavy (non-hydrogen) atoms. The number of benzene rings is 1. The number of carbonyl (C=O) groups is 2. The van der Waals surface area contributed by atoms with E-state index in [1.807, 2.05) is 0 Å². The number of thiol groups is 1. The number of rotatable bonds is 3. The van der Waals surface area contributed by atoms with Crippen molar-refractivity contribution >= 4 is 24.6 Å². The topological polar surface area (TPSA) is 94.8 Å². The first-order valence-electron chi connectivity index (χ1n) is 4.73. The van der Waals surface area contributed by atoms with Crippen LogP contribution in [0.3, 0.4) is 0 Å². The van der Waals surface area contributed by atoms with Crippen molar-refractivity contribution in [1.82, 2.24) is 0 Å². The van der Waals surface area contributed by atoms with Crippen molar-refractivity contribution in [3.63, 3.8) is 0 Å². The first-order chi connectivity index (χ1) is 7.95. The largest absolute Gasteiger partial charge is 0.478 e. The fourth-order valence-electron chi connectivity index (χ4n) is 1.10. The van der Waals surface area contributed by atoms with Gasteiger partial charge in [0, 0.05) is 5.75 Å². The molecule has 0 aromatic heterocycles. The molecule has 0 spiro atoms. The lowest BCUT2D eigenvalue weighted by atomic mass is 10.0. The highest BCUT2D eigenvalue weighted by Gasteiger charge is 2.13. The van der Waals surface area contributed by atoms with E-state index in [0.29, 0.717) is 5.75 Å². The van der Waals surface area contributed by atoms with Crippen molar-refractivity contribution in [3.8, 4) is 0 Å². The van der Waals surface area contributed by atoms with Crippen molar-refractivity contribution in [2.75, 3.05) is 12.4 Å². The second-order valence-corrected chi connectivity index (χ2v) is 3.48. The minimum absolute atomic E-state index is 0.0277. The van der Waals surface area contributed by atoms with Gasteiger partial charge in [0.1, 0.15) is 0 Å². The average molecular weight is 258 g/mol. The summed E-state index contributed by atoms with van der Waals surface area (Å²) in [7, 11) is 0. The first kappa shape index (κ1) is 15.5. The summed E-state index contributed by atoms with van der Waals surface area (Å²) in [6.07, 6.45) is 0. The second kappa shape index (κ2) is 7.70. The van der Waals surface area contributed by atoms with Crippen molar-refractivity contribution in [2.45, 2.75) is 6.92 Å². The standard InChI is InChI=1S/C9H8O4.C2H6OS/c1-5-6(8(10)11)3-2-4-7(5)9(12)13;3-1-2-4/h2-4H,1H3,(H,10,11)(H,12,13);3-4H,1-2H2. The Balaban J connectivity index is 0.000000557. The lowest BCUT2D eigenvalue weighted by Crippen LogP contribution is -2.06. The minimum atomic E-state index is -1.11. The van der Waals surface area contributed by atoms with Crippen LogP contribution in [0, 0.1) is 6.92 Å². The molecule has 0 saturated carbocycles. The molecule has 0 heterocycles. The van der Waals surface area contributed by atoms with Crippen molar-refractivity contribution in [2.24, 2.45) is 0 Å². The Bertz CT molecular complexity index is 369. The van der Waals surface area contributed by atoms with Gasteiger partial charge in [-0.05, 0) is 24.6 Å². The summed E-state index contributed by atoms with van der Waals surface area (Å²) in [5.41, 5.74) is 0.335. The third-order valence-electron chi connectivity index (χ3n) is 1.89. The van der Waals surface area contributed by atoms with E-state index in [0.717, 1.165) is 0 Å². The zero-order chi connectivity index (χ0) is 13.4. The Hall–Kier alpha value is -1.53. The highest BCUT2D eigenvalue weighted by molar-refractivity contribution is 7.80. The zero-order valence-corrected chi connectivity index (χ0v) is 10.1. The van der Waals surface area contributed by atoms with Gasteiger partial charge in [0.05, 0.1) is 17.7 Å². The van der Waals surface area contributed by atoms with Gasteiger partial charge in [0.25, 0.3) is 0 Å². The van der Waals surface area contributed by atoms with Gasteiger partial charge in [-0.3, -0.25) is 0 Å². The third kappa shape index (κ3) is 4.88. The van der Waals surface area contributed by atoms with Gasteiger partial charge in [0.15, 0.2) is 0 Å². The molecule has 0 aliphatic heterocycles. The van der Waals surface area contributed by atoms with Gasteiger partial charge in [-0.2, -0.15) is 12.6 Å². The third-order valence-corrected chi connectivity index (χ3v) is 2.09. The Morgan fingerprint density at radius 2 is 1.53 bits per heavy atom. The minimum Gasteiger partial charge on any atom is -0.478 e. The summed E-state index contributed by atoms with van der Waals surface area (Å²) in [4.78, 5) is 21.2. The van der Waals surface area contributed by atoms with E-state index in [-0.39, 0.29) is 23.3 Å². The fourth-order valence-corrected chi connectivity index (χ4v) is 1.10. The van der Waals surface area contributed by atoms with Crippen LogP contribution >= 0.6 is 12.6 Å². The van der Waals surface area contributed by atoms with Crippen LogP contribution in [0.15, 0.2) is 18.2 Å². The van der Waals surface area contributed by atoms with Crippen LogP contribution < -0.4 is 0 Å². The van der Waals surface area contributed by atoms with Crippen LogP contribution in [0.25, 0.3) is 0 Å². The van der Waals surface area contributed by atoms with Crippen molar-refractivity contribution in [3.05, 3.63) is 34.9 Å². The quantitative estimate of drug-likeness (QED) is 0.613. The van der Waals surface area contributed by atoms with Gasteiger partial charge in [-0.1, -0.05) is 6.07 Å². The molecule has 94 valence electrons. The number of aliphatic hydroxyl groups is 1. The predicted octanol–water partition coefficient (Wildman–Crippen LogP) is 1.30. The highest BCUT2D eigenvalue weighted by atomic mass is 32.1. The molecule has 0 amide bonds. The van der Waals surface area contributed by atoms with Gasteiger partial charge in [-0.25, -0.2) is 9.59 Å². The SMILES string of the molecule is Cc1c(C(=O)O)cccc1C(=O)O.OCCS. The Morgan fingerprint density at radius 1 is 1.18 bits per heavy atom. The molecular weight excluding hydrogens is 244 g/mol. The molecule has 5 nitrogen and oxygen atoms in total. The molecule has 1 aromatic carbocycles. The van der Waals surface area contributed by atoms with Crippen LogP contribution in [0.1, 0.15) is 26.3 Å². The molecule has 0 aliphatic rings. The van der Waals surface area contributed by atoms with Crippen LogP contribution in [-0.2, 0) is 0 Å². The molecule has 0 bridgehead atoms. The highest BCUT2D eigenvalue weighted by Crippen LogP contribution is 2.13. The first-order valence-corrected chi connectivity index (χ1v) is 5.36. The number of carboxylic acids is 2. The fraction of sp³-hybridized carbons (Fsp3) is 0.273. The van der Waals surface area contributed by atoms with Gasteiger partial charge in [-0.15, -0.1) is 0 Å². The van der Waals surface area contributed by atoms with E-state index in [2.05, 4.69) is 12.6 Å². The maximum Gasteiger partial charge on any atom is 0.335 e. The van der Waals surface area contributed by atoms with E-state index in [1.165, 1.54) is 25.1 Å². The molecule has 0 radical (unpaired) electrons. The Kier molecular flexibility index (Phi) is 7.00. The van der Waals surface area contributed by atoms with E-state index in [4.69, 9.17) is 15.3 Å². The monoisotopic (exact) mass is 258 g/mol. The number of carboxylic acid groups (broad SMARTS) is 2. The summed E-state index contributed by atoms with van der Waals surface area (Å²) in [6.45, 7) is 1.66. The zero-order valence-electron chi connectivity index (χ0n) is 9.25. The molecule has 3 N–H and O–H groups in total. The summed E-state index contributed by atoms with van der Waals surface area (Å²) >= 11 is 3.67. The molecule has 1 aromatic rings. The van der Waals surface area contributed by atoms with Gasteiger partial charge in [0.2, 0.25) is 0 Å². The normalized spacial score (nSPS) is 9.12. The molecule has 0 saturated heterocycles. The number of hydrogen-bond donors (Lipinski definition) is 4. The lowest BCUT2D eigenvalue weighted by molar-refractivity contribution is 0.0696. The maximum atomic E-state index is 10.6. The Labute approximate surface area is 104 Å². The van der Waals surface area contributed by atoms with Gasteiger partial charge < -0.3 is 15.3 Å². The average Bonchev–Trinajstić information content (AvgIpc) is 2.29. The van der Waals surface area contributed by atoms with E-state index < -0.39 is 11.9 Å². The number of hydrogen-bond acceptors (Lipinski definition) is 4. The molecule has 0 unspecified atom stereocenters. The smallest absolute Gasteiger partial charge is 0.335 e. The summed E-state index contributed by atoms with van der Waals surface area (Å²) < 4.78 is 0. The van der Waals surface area contributed by atoms with Crippen LogP contribution in [0.5, 0.6) is 0 Å². The van der Waals surface area contributed by atoms with Crippen LogP contribution in [0.4, 0.5) is 0 Å². The van der Waals surface area contributed by atoms with Gasteiger partial charge >= 0.3 is 11.9 Å². The van der Waals surface area contributed by atoms with Crippen molar-refractivity contribution < 1.29 is 24.9 Å². The lowest BCUT2D eigenvalue weighted by Gasteiger charge is -2.03. The molecule has 0 atom stereocenters. The molecule has 1 rings (SSSR count). The van der Waals surface area contributed by atoms with Crippen molar-refractivity contribution in [1.29, 1.82) is 0 Å². The number of aliphatic hydroxyl groups excluding tert-OH is 1. The molecule has 0 aliphatic carbocycles. The van der Waals surface area contributed by atoms with E-state index in [1.54, 1.807) is 0 Å². The number of aromatic carboxylic acids is 2. The van der Waals surface area contributed by atoms with Crippen LogP contribution in [0.2, 0.25) is 0 Å². The Morgan fingerprint density at radius 3 is 1.76 bits per heavy atom. The molecule has 6 heteroatoms. The summed E-state index contributed by atoms with van der Waals surface area (Å²) in [5, 5.41) is 25.2.